The molecule has 1 aromatic rings. The van der Waals surface area contributed by atoms with Gasteiger partial charge in [-0.2, -0.15) is 18.3 Å². The Morgan fingerprint density at radius 3 is 2.57 bits per heavy atom. The van der Waals surface area contributed by atoms with Crippen LogP contribution in [-0.4, -0.2) is 9.78 Å². The van der Waals surface area contributed by atoms with Crippen LogP contribution in [0.3, 0.4) is 0 Å². The van der Waals surface area contributed by atoms with Gasteiger partial charge in [-0.3, -0.25) is 16.0 Å². The number of hydrogen-bond acceptors (Lipinski definition) is 3. The summed E-state index contributed by atoms with van der Waals surface area (Å²) in [5.74, 6) is 4.94. The van der Waals surface area contributed by atoms with Crippen molar-refractivity contribution in [3.05, 3.63) is 16.4 Å². The number of hydrazine groups is 1. The maximum Gasteiger partial charge on any atom is 0.435 e. The summed E-state index contributed by atoms with van der Waals surface area (Å²) >= 11 is 5.60. The molecule has 1 rings (SSSR count). The van der Waals surface area contributed by atoms with Crippen molar-refractivity contribution in [2.24, 2.45) is 12.9 Å². The van der Waals surface area contributed by atoms with Gasteiger partial charge in [0.25, 0.3) is 0 Å². The number of aromatic nitrogens is 2. The predicted octanol–water partition coefficient (Wildman–Crippen LogP) is 1.06. The summed E-state index contributed by atoms with van der Waals surface area (Å²) in [6.45, 7) is -0.179. The number of nitrogens with one attached hydrogen (secondary N) is 1. The Morgan fingerprint density at radius 1 is 1.57 bits per heavy atom. The number of halogens is 4. The summed E-state index contributed by atoms with van der Waals surface area (Å²) < 4.78 is 38.0. The number of nitrogens with two attached hydrogens (primary N) is 1. The third-order valence-corrected chi connectivity index (χ3v) is 2.09. The van der Waals surface area contributed by atoms with Crippen molar-refractivity contribution in [1.29, 1.82) is 0 Å². The molecule has 1 heterocycles. The summed E-state index contributed by atoms with van der Waals surface area (Å²) in [7, 11) is 1.33. The number of rotatable bonds is 2. The first-order valence-electron chi connectivity index (χ1n) is 3.60. The molecule has 0 aliphatic rings. The molecule has 0 atom stereocenters. The van der Waals surface area contributed by atoms with Crippen molar-refractivity contribution in [1.82, 2.24) is 15.2 Å². The Labute approximate surface area is 82.8 Å². The minimum atomic E-state index is -4.52. The van der Waals surface area contributed by atoms with Gasteiger partial charge in [0.05, 0.1) is 0 Å². The first-order chi connectivity index (χ1) is 6.38. The maximum absolute atomic E-state index is 12.4. The van der Waals surface area contributed by atoms with Gasteiger partial charge in [0.2, 0.25) is 0 Å². The zero-order chi connectivity index (χ0) is 10.9. The molecule has 4 nitrogen and oxygen atoms in total. The highest BCUT2D eigenvalue weighted by Crippen LogP contribution is 2.33. The minimum Gasteiger partial charge on any atom is -0.271 e. The van der Waals surface area contributed by atoms with Crippen LogP contribution in [-0.2, 0) is 19.8 Å². The van der Waals surface area contributed by atoms with E-state index in [0.717, 1.165) is 4.68 Å². The highest BCUT2D eigenvalue weighted by molar-refractivity contribution is 6.30. The molecule has 0 saturated carbocycles. The lowest BCUT2D eigenvalue weighted by Crippen LogP contribution is -2.23. The van der Waals surface area contributed by atoms with Crippen molar-refractivity contribution < 1.29 is 13.2 Å². The summed E-state index contributed by atoms with van der Waals surface area (Å²) in [5.41, 5.74) is 0.953. The lowest BCUT2D eigenvalue weighted by molar-refractivity contribution is -0.142. The molecule has 0 aromatic carbocycles. The van der Waals surface area contributed by atoms with E-state index < -0.39 is 11.9 Å². The minimum absolute atomic E-state index is 0.0738. The van der Waals surface area contributed by atoms with E-state index in [9.17, 15) is 13.2 Å². The maximum atomic E-state index is 12.4. The molecule has 14 heavy (non-hydrogen) atoms. The van der Waals surface area contributed by atoms with Crippen molar-refractivity contribution in [3.8, 4) is 0 Å². The molecule has 0 radical (unpaired) electrons. The molecular formula is C6H8ClF3N4. The van der Waals surface area contributed by atoms with Crippen LogP contribution in [0, 0.1) is 0 Å². The van der Waals surface area contributed by atoms with E-state index in [1.165, 1.54) is 7.05 Å². The topological polar surface area (TPSA) is 55.9 Å². The molecular weight excluding hydrogens is 221 g/mol. The number of nitrogens with zero attached hydrogens (tertiary/aromatic N) is 2. The highest BCUT2D eigenvalue weighted by Gasteiger charge is 2.38. The van der Waals surface area contributed by atoms with Crippen LogP contribution in [0.15, 0.2) is 0 Å². The Hall–Kier alpha value is -0.790. The van der Waals surface area contributed by atoms with Crippen LogP contribution in [0.5, 0.6) is 0 Å². The van der Waals surface area contributed by atoms with E-state index in [1.54, 1.807) is 0 Å². The van der Waals surface area contributed by atoms with Gasteiger partial charge in [0.15, 0.2) is 5.69 Å². The van der Waals surface area contributed by atoms with Crippen LogP contribution >= 0.6 is 11.6 Å². The molecule has 80 valence electrons. The fourth-order valence-corrected chi connectivity index (χ4v) is 1.23. The molecule has 0 unspecified atom stereocenters. The molecule has 0 spiro atoms. The van der Waals surface area contributed by atoms with Gasteiger partial charge < -0.3 is 0 Å². The van der Waals surface area contributed by atoms with Crippen molar-refractivity contribution in [3.63, 3.8) is 0 Å². The SMILES string of the molecule is Cn1nc(C(F)(F)F)c(CNN)c1Cl. The largest absolute Gasteiger partial charge is 0.435 e. The Morgan fingerprint density at radius 2 is 2.14 bits per heavy atom. The van der Waals surface area contributed by atoms with Gasteiger partial charge in [-0.1, -0.05) is 11.6 Å². The molecule has 8 heteroatoms. The van der Waals surface area contributed by atoms with Crippen molar-refractivity contribution in [2.45, 2.75) is 12.7 Å². The quantitative estimate of drug-likeness (QED) is 0.588. The van der Waals surface area contributed by atoms with E-state index in [0.29, 0.717) is 0 Å². The van der Waals surface area contributed by atoms with E-state index >= 15 is 0 Å². The third kappa shape index (κ3) is 1.99. The fourth-order valence-electron chi connectivity index (χ4n) is 1.03. The van der Waals surface area contributed by atoms with Gasteiger partial charge in [-0.05, 0) is 0 Å². The third-order valence-electron chi connectivity index (χ3n) is 1.62. The van der Waals surface area contributed by atoms with Crippen LogP contribution < -0.4 is 11.3 Å². The van der Waals surface area contributed by atoms with Gasteiger partial charge in [0, 0.05) is 19.2 Å². The van der Waals surface area contributed by atoms with Gasteiger partial charge in [0.1, 0.15) is 5.15 Å². The van der Waals surface area contributed by atoms with Gasteiger partial charge in [-0.15, -0.1) is 0 Å². The van der Waals surface area contributed by atoms with Crippen molar-refractivity contribution in [2.75, 3.05) is 0 Å². The molecule has 0 bridgehead atoms. The first kappa shape index (κ1) is 11.3. The van der Waals surface area contributed by atoms with E-state index in [1.807, 2.05) is 0 Å². The summed E-state index contributed by atoms with van der Waals surface area (Å²) in [6, 6.07) is 0. The molecule has 0 aliphatic carbocycles. The summed E-state index contributed by atoms with van der Waals surface area (Å²) in [5, 5.41) is 3.19. The second-order valence-electron chi connectivity index (χ2n) is 2.62. The second-order valence-corrected chi connectivity index (χ2v) is 2.98. The van der Waals surface area contributed by atoms with Crippen LogP contribution in [0.1, 0.15) is 11.3 Å². The monoisotopic (exact) mass is 228 g/mol. The second kappa shape index (κ2) is 3.76. The normalized spacial score (nSPS) is 12.1. The van der Waals surface area contributed by atoms with Crippen LogP contribution in [0.25, 0.3) is 0 Å². The lowest BCUT2D eigenvalue weighted by atomic mass is 10.2. The smallest absolute Gasteiger partial charge is 0.271 e. The lowest BCUT2D eigenvalue weighted by Gasteiger charge is -2.05. The Bertz CT molecular complexity index is 333. The number of hydrogen-bond donors (Lipinski definition) is 2. The molecule has 0 saturated heterocycles. The summed E-state index contributed by atoms with van der Waals surface area (Å²) in [4.78, 5) is 0. The number of aryl methyl sites for hydroxylation is 1. The standard InChI is InChI=1S/C6H8ClF3N4/c1-14-5(7)3(2-12-11)4(13-14)6(8,9)10/h12H,2,11H2,1H3. The van der Waals surface area contributed by atoms with Crippen LogP contribution in [0.2, 0.25) is 5.15 Å². The van der Waals surface area contributed by atoms with Gasteiger partial charge >= 0.3 is 6.18 Å². The van der Waals surface area contributed by atoms with Crippen LogP contribution in [0.4, 0.5) is 13.2 Å². The average Bonchev–Trinajstić information content (AvgIpc) is 2.32. The molecule has 0 amide bonds. The summed E-state index contributed by atoms with van der Waals surface area (Å²) in [6.07, 6.45) is -4.52. The fraction of sp³-hybridized carbons (Fsp3) is 0.500. The van der Waals surface area contributed by atoms with Gasteiger partial charge in [-0.25, -0.2) is 0 Å². The molecule has 0 aliphatic heterocycles. The molecule has 3 N–H and O–H groups in total. The average molecular weight is 229 g/mol. The van der Waals surface area contributed by atoms with E-state index in [-0.39, 0.29) is 17.3 Å². The van der Waals surface area contributed by atoms with E-state index in [2.05, 4.69) is 10.5 Å². The predicted molar refractivity (Wildman–Crippen MR) is 44.2 cm³/mol. The Kier molecular flexibility index (Phi) is 3.03. The first-order valence-corrected chi connectivity index (χ1v) is 3.97. The zero-order valence-electron chi connectivity index (χ0n) is 7.19. The van der Waals surface area contributed by atoms with E-state index in [4.69, 9.17) is 17.4 Å². The zero-order valence-corrected chi connectivity index (χ0v) is 7.95. The Balaban J connectivity index is 3.22. The van der Waals surface area contributed by atoms with Crippen molar-refractivity contribution >= 4 is 11.6 Å². The molecule has 1 aromatic heterocycles. The number of alkyl halides is 3. The molecule has 0 fully saturated rings. The highest BCUT2D eigenvalue weighted by atomic mass is 35.5.